The molecule has 164 valence electrons. The van der Waals surface area contributed by atoms with Crippen LogP contribution >= 0.6 is 0 Å². The molecule has 1 aromatic heterocycles. The first-order valence-electron chi connectivity index (χ1n) is 9.46. The topological polar surface area (TPSA) is 107 Å². The SMILES string of the molecule is COc1ccc(OC)c(CNC(=O)c2cc(S(=O)(=O)NCc3ccco3)ccc2C)c1. The minimum absolute atomic E-state index is 0.00577. The van der Waals surface area contributed by atoms with Gasteiger partial charge < -0.3 is 19.2 Å². The van der Waals surface area contributed by atoms with Gasteiger partial charge in [-0.2, -0.15) is 0 Å². The van der Waals surface area contributed by atoms with Crippen molar-refractivity contribution in [2.75, 3.05) is 14.2 Å². The molecular weight excluding hydrogens is 420 g/mol. The molecule has 8 nitrogen and oxygen atoms in total. The fraction of sp³-hybridized carbons (Fsp3) is 0.227. The van der Waals surface area contributed by atoms with E-state index in [1.165, 1.54) is 18.4 Å². The van der Waals surface area contributed by atoms with Gasteiger partial charge in [0, 0.05) is 17.7 Å². The Morgan fingerprint density at radius 2 is 1.84 bits per heavy atom. The van der Waals surface area contributed by atoms with Crippen molar-refractivity contribution in [3.63, 3.8) is 0 Å². The average molecular weight is 445 g/mol. The van der Waals surface area contributed by atoms with E-state index in [-0.39, 0.29) is 23.5 Å². The van der Waals surface area contributed by atoms with Crippen LogP contribution in [0.1, 0.15) is 27.2 Å². The molecule has 0 aliphatic carbocycles. The summed E-state index contributed by atoms with van der Waals surface area (Å²) in [6.07, 6.45) is 1.47. The molecule has 9 heteroatoms. The van der Waals surface area contributed by atoms with E-state index in [1.807, 2.05) is 0 Å². The molecule has 0 spiro atoms. The standard InChI is InChI=1S/C22H24N2O6S/c1-15-6-8-19(31(26,27)24-14-18-5-4-10-30-18)12-20(15)22(25)23-13-16-11-17(28-2)7-9-21(16)29-3/h4-12,24H,13-14H2,1-3H3,(H,23,25). The smallest absolute Gasteiger partial charge is 0.251 e. The van der Waals surface area contributed by atoms with Gasteiger partial charge in [-0.15, -0.1) is 0 Å². The summed E-state index contributed by atoms with van der Waals surface area (Å²) in [7, 11) is -0.725. The number of rotatable bonds is 9. The lowest BCUT2D eigenvalue weighted by Crippen LogP contribution is -2.26. The minimum Gasteiger partial charge on any atom is -0.497 e. The zero-order chi connectivity index (χ0) is 22.4. The maximum atomic E-state index is 12.8. The van der Waals surface area contributed by atoms with Crippen molar-refractivity contribution >= 4 is 15.9 Å². The number of ether oxygens (including phenoxy) is 2. The molecule has 0 fully saturated rings. The van der Waals surface area contributed by atoms with Crippen molar-refractivity contribution in [1.29, 1.82) is 0 Å². The molecule has 0 bridgehead atoms. The molecule has 0 aliphatic rings. The highest BCUT2D eigenvalue weighted by Gasteiger charge is 2.19. The summed E-state index contributed by atoms with van der Waals surface area (Å²) in [6, 6.07) is 13.0. The molecule has 0 radical (unpaired) electrons. The zero-order valence-electron chi connectivity index (χ0n) is 17.5. The van der Waals surface area contributed by atoms with Crippen LogP contribution in [0.4, 0.5) is 0 Å². The summed E-state index contributed by atoms with van der Waals surface area (Å²) in [5.41, 5.74) is 1.65. The molecule has 0 atom stereocenters. The second-order valence-electron chi connectivity index (χ2n) is 6.74. The van der Waals surface area contributed by atoms with Crippen LogP contribution < -0.4 is 19.5 Å². The van der Waals surface area contributed by atoms with Gasteiger partial charge in [-0.05, 0) is 55.0 Å². The lowest BCUT2D eigenvalue weighted by atomic mass is 10.1. The Morgan fingerprint density at radius 3 is 2.52 bits per heavy atom. The van der Waals surface area contributed by atoms with E-state index in [4.69, 9.17) is 13.9 Å². The monoisotopic (exact) mass is 444 g/mol. The molecule has 0 unspecified atom stereocenters. The van der Waals surface area contributed by atoms with Crippen LogP contribution in [-0.2, 0) is 23.1 Å². The summed E-state index contributed by atoms with van der Waals surface area (Å²) in [4.78, 5) is 12.8. The summed E-state index contributed by atoms with van der Waals surface area (Å²) in [6.45, 7) is 1.94. The maximum Gasteiger partial charge on any atom is 0.251 e. The normalized spacial score (nSPS) is 11.2. The van der Waals surface area contributed by atoms with Crippen molar-refractivity contribution in [3.05, 3.63) is 77.2 Å². The van der Waals surface area contributed by atoms with E-state index in [1.54, 1.807) is 57.5 Å². The molecule has 3 aromatic rings. The van der Waals surface area contributed by atoms with Gasteiger partial charge in [0.25, 0.3) is 5.91 Å². The molecule has 0 saturated heterocycles. The van der Waals surface area contributed by atoms with E-state index in [0.29, 0.717) is 22.8 Å². The number of sulfonamides is 1. The second kappa shape index (κ2) is 9.67. The molecule has 2 aromatic carbocycles. The molecule has 31 heavy (non-hydrogen) atoms. The number of aryl methyl sites for hydroxylation is 1. The Labute approximate surface area is 181 Å². The quantitative estimate of drug-likeness (QED) is 0.525. The molecule has 0 saturated carbocycles. The van der Waals surface area contributed by atoms with Crippen LogP contribution in [0.2, 0.25) is 0 Å². The van der Waals surface area contributed by atoms with Crippen LogP contribution in [-0.4, -0.2) is 28.5 Å². The van der Waals surface area contributed by atoms with Gasteiger partial charge in [0.1, 0.15) is 17.3 Å². The Hall–Kier alpha value is -3.30. The summed E-state index contributed by atoms with van der Waals surface area (Å²) in [5, 5.41) is 2.81. The number of carbonyl (C=O) groups is 1. The Balaban J connectivity index is 1.76. The number of hydrogen-bond donors (Lipinski definition) is 2. The number of amides is 1. The van der Waals surface area contributed by atoms with E-state index >= 15 is 0 Å². The number of methoxy groups -OCH3 is 2. The third-order valence-electron chi connectivity index (χ3n) is 4.71. The molecule has 0 aliphatic heterocycles. The zero-order valence-corrected chi connectivity index (χ0v) is 18.3. The van der Waals surface area contributed by atoms with Crippen molar-refractivity contribution in [2.45, 2.75) is 24.9 Å². The fourth-order valence-electron chi connectivity index (χ4n) is 2.97. The molecular formula is C22H24N2O6S. The Kier molecular flexibility index (Phi) is 6.98. The van der Waals surface area contributed by atoms with Crippen molar-refractivity contribution in [3.8, 4) is 11.5 Å². The summed E-state index contributed by atoms with van der Waals surface area (Å²) >= 11 is 0. The van der Waals surface area contributed by atoms with E-state index < -0.39 is 15.9 Å². The van der Waals surface area contributed by atoms with Crippen molar-refractivity contribution < 1.29 is 27.1 Å². The number of benzene rings is 2. The predicted octanol–water partition coefficient (Wildman–Crippen LogP) is 3.01. The van der Waals surface area contributed by atoms with Crippen LogP contribution in [0, 0.1) is 6.92 Å². The number of furan rings is 1. The lowest BCUT2D eigenvalue weighted by molar-refractivity contribution is 0.0950. The van der Waals surface area contributed by atoms with Gasteiger partial charge in [0.05, 0.1) is 31.9 Å². The van der Waals surface area contributed by atoms with E-state index in [9.17, 15) is 13.2 Å². The molecule has 1 amide bonds. The first-order chi connectivity index (χ1) is 14.8. The van der Waals surface area contributed by atoms with Gasteiger partial charge >= 0.3 is 0 Å². The summed E-state index contributed by atoms with van der Waals surface area (Å²) in [5.74, 6) is 1.33. The first-order valence-corrected chi connectivity index (χ1v) is 10.9. The van der Waals surface area contributed by atoms with Gasteiger partial charge in [0.15, 0.2) is 0 Å². The Morgan fingerprint density at radius 1 is 1.03 bits per heavy atom. The largest absolute Gasteiger partial charge is 0.497 e. The Bertz CT molecular complexity index is 1160. The predicted molar refractivity (Wildman–Crippen MR) is 115 cm³/mol. The number of nitrogens with one attached hydrogen (secondary N) is 2. The third-order valence-corrected chi connectivity index (χ3v) is 6.11. The molecule has 2 N–H and O–H groups in total. The average Bonchev–Trinajstić information content (AvgIpc) is 3.30. The second-order valence-corrected chi connectivity index (χ2v) is 8.51. The summed E-state index contributed by atoms with van der Waals surface area (Å²) < 4.78 is 43.4. The highest BCUT2D eigenvalue weighted by Crippen LogP contribution is 2.24. The maximum absolute atomic E-state index is 12.8. The van der Waals surface area contributed by atoms with Gasteiger partial charge in [-0.25, -0.2) is 13.1 Å². The fourth-order valence-corrected chi connectivity index (χ4v) is 3.99. The number of hydrogen-bond acceptors (Lipinski definition) is 6. The van der Waals surface area contributed by atoms with Crippen molar-refractivity contribution in [2.24, 2.45) is 0 Å². The van der Waals surface area contributed by atoms with Crippen molar-refractivity contribution in [1.82, 2.24) is 10.0 Å². The van der Waals surface area contributed by atoms with E-state index in [2.05, 4.69) is 10.0 Å². The molecule has 3 rings (SSSR count). The van der Waals surface area contributed by atoms with Crippen LogP contribution in [0.5, 0.6) is 11.5 Å². The highest BCUT2D eigenvalue weighted by molar-refractivity contribution is 7.89. The third kappa shape index (κ3) is 5.44. The lowest BCUT2D eigenvalue weighted by Gasteiger charge is -2.13. The van der Waals surface area contributed by atoms with Gasteiger partial charge in [-0.3, -0.25) is 4.79 Å². The van der Waals surface area contributed by atoms with Crippen LogP contribution in [0.25, 0.3) is 0 Å². The van der Waals surface area contributed by atoms with E-state index in [0.717, 1.165) is 5.56 Å². The molecule has 1 heterocycles. The van der Waals surface area contributed by atoms with Crippen LogP contribution in [0.3, 0.4) is 0 Å². The minimum atomic E-state index is -3.82. The number of carbonyl (C=O) groups excluding carboxylic acids is 1. The van der Waals surface area contributed by atoms with Gasteiger partial charge in [0.2, 0.25) is 10.0 Å². The first kappa shape index (κ1) is 22.4. The highest BCUT2D eigenvalue weighted by atomic mass is 32.2. The van der Waals surface area contributed by atoms with Crippen LogP contribution in [0.15, 0.2) is 64.1 Å². The van der Waals surface area contributed by atoms with Gasteiger partial charge in [-0.1, -0.05) is 6.07 Å².